The van der Waals surface area contributed by atoms with Crippen LogP contribution in [-0.2, 0) is 24.1 Å². The molecule has 0 saturated heterocycles. The lowest BCUT2D eigenvalue weighted by molar-refractivity contribution is -0.141. The number of aryl methyl sites for hydroxylation is 2. The van der Waals surface area contributed by atoms with Gasteiger partial charge in [0.25, 0.3) is 0 Å². The zero-order valence-electron chi connectivity index (χ0n) is 19.9. The first-order chi connectivity index (χ1) is 15.3. The number of ether oxygens (including phenoxy) is 1. The minimum absolute atomic E-state index is 0. The van der Waals surface area contributed by atoms with Crippen LogP contribution in [0.4, 0.5) is 0 Å². The van der Waals surface area contributed by atoms with Crippen molar-refractivity contribution in [1.82, 2.24) is 4.98 Å². The number of benzene rings is 1. The van der Waals surface area contributed by atoms with Crippen LogP contribution in [-0.4, -0.2) is 22.7 Å². The average molecular weight is 440 g/mol. The first kappa shape index (κ1) is 25.2. The lowest BCUT2D eigenvalue weighted by Gasteiger charge is -2.15. The molecule has 32 heavy (non-hydrogen) atoms. The summed E-state index contributed by atoms with van der Waals surface area (Å²) in [6, 6.07) is 5.93. The summed E-state index contributed by atoms with van der Waals surface area (Å²) in [5, 5.41) is 9.36. The molecule has 0 bridgehead atoms. The van der Waals surface area contributed by atoms with E-state index in [1.54, 1.807) is 6.08 Å². The first-order valence-corrected chi connectivity index (χ1v) is 11.2. The van der Waals surface area contributed by atoms with E-state index >= 15 is 0 Å². The maximum Gasteiger partial charge on any atom is 0.306 e. The summed E-state index contributed by atoms with van der Waals surface area (Å²) in [7, 11) is 0. The van der Waals surface area contributed by atoms with Crippen LogP contribution < -0.4 is 4.74 Å². The molecular weight excluding hydrogens is 402 g/mol. The van der Waals surface area contributed by atoms with Gasteiger partial charge in [-0.3, -0.25) is 4.79 Å². The van der Waals surface area contributed by atoms with Gasteiger partial charge in [0.05, 0.1) is 18.2 Å². The second kappa shape index (κ2) is 12.1. The number of aromatic nitrogens is 1. The summed E-state index contributed by atoms with van der Waals surface area (Å²) in [6.07, 6.45) is 8.32. The van der Waals surface area contributed by atoms with E-state index in [0.717, 1.165) is 40.3 Å². The molecule has 0 radical (unpaired) electrons. The Morgan fingerprint density at radius 2 is 2.03 bits per heavy atom. The molecule has 1 N–H and O–H groups in total. The summed E-state index contributed by atoms with van der Waals surface area (Å²) >= 11 is 0. The molecule has 0 unspecified atom stereocenters. The summed E-state index contributed by atoms with van der Waals surface area (Å²) in [5.41, 5.74) is 5.10. The third-order valence-corrected chi connectivity index (χ3v) is 5.43. The number of hydrogen-bond donors (Lipinski definition) is 1. The van der Waals surface area contributed by atoms with Crippen LogP contribution in [0, 0.1) is 12.8 Å². The molecule has 2 aromatic rings. The van der Waals surface area contributed by atoms with Gasteiger partial charge in [-0.2, -0.15) is 0 Å². The Morgan fingerprint density at radius 1 is 1.28 bits per heavy atom. The zero-order chi connectivity index (χ0) is 23.7. The predicted octanol–water partition coefficient (Wildman–Crippen LogP) is 6.60. The van der Waals surface area contributed by atoms with Gasteiger partial charge in [-0.15, -0.1) is 0 Å². The minimum Gasteiger partial charge on any atom is -0.493 e. The molecule has 0 amide bonds. The number of carbonyl (C=O) groups is 1. The van der Waals surface area contributed by atoms with Gasteiger partial charge in [0.15, 0.2) is 0 Å². The van der Waals surface area contributed by atoms with Crippen molar-refractivity contribution in [3.05, 3.63) is 77.1 Å². The van der Waals surface area contributed by atoms with Crippen molar-refractivity contribution >= 4 is 11.5 Å². The highest BCUT2D eigenvalue weighted by Crippen LogP contribution is 2.24. The topological polar surface area (TPSA) is 72.6 Å². The fraction of sp³-hybridized carbons (Fsp3) is 0.407. The predicted molar refractivity (Wildman–Crippen MR) is 131 cm³/mol. The number of nitrogens with zero attached hydrogens (tertiary/aromatic N) is 1. The monoisotopic (exact) mass is 439 g/mol. The molecule has 174 valence electrons. The quantitative estimate of drug-likeness (QED) is 0.377. The molecule has 1 atom stereocenters. The standard InChI is InChI=1S/C27H35NO4.H2/c1-7-20(11-10-18(4)5)26-28-25(19(6)32-26)14-15-31-24-13-12-23(21(8-2)17-24)16-22(9-3)27(29)30;/h7,10-13,17,22H,1,8-9,14-16H2,2-6H3,(H,29,30);1H/b20-11+;/t22-;/m0./s1. The summed E-state index contributed by atoms with van der Waals surface area (Å²) in [5.74, 6) is 1.02. The summed E-state index contributed by atoms with van der Waals surface area (Å²) in [6.45, 7) is 14.3. The second-order valence-electron chi connectivity index (χ2n) is 8.12. The highest BCUT2D eigenvalue weighted by molar-refractivity contribution is 5.70. The van der Waals surface area contributed by atoms with E-state index in [9.17, 15) is 9.90 Å². The van der Waals surface area contributed by atoms with E-state index in [1.807, 2.05) is 58.0 Å². The number of aliphatic carboxylic acids is 1. The van der Waals surface area contributed by atoms with Gasteiger partial charge in [-0.05, 0) is 69.4 Å². The lowest BCUT2D eigenvalue weighted by atomic mass is 9.93. The van der Waals surface area contributed by atoms with Crippen LogP contribution in [0.3, 0.4) is 0 Å². The van der Waals surface area contributed by atoms with E-state index in [2.05, 4.69) is 18.5 Å². The third kappa shape index (κ3) is 6.98. The fourth-order valence-corrected chi connectivity index (χ4v) is 3.42. The Kier molecular flexibility index (Phi) is 9.51. The van der Waals surface area contributed by atoms with E-state index in [-0.39, 0.29) is 7.34 Å². The van der Waals surface area contributed by atoms with Crippen LogP contribution in [0.1, 0.15) is 64.0 Å². The Labute approximate surface area is 193 Å². The molecular formula is C27H37NO4. The smallest absolute Gasteiger partial charge is 0.306 e. The molecule has 0 saturated carbocycles. The summed E-state index contributed by atoms with van der Waals surface area (Å²) < 4.78 is 11.8. The number of allylic oxidation sites excluding steroid dienone is 5. The van der Waals surface area contributed by atoms with E-state index in [1.165, 1.54) is 5.57 Å². The third-order valence-electron chi connectivity index (χ3n) is 5.43. The van der Waals surface area contributed by atoms with Crippen molar-refractivity contribution in [2.45, 2.75) is 60.3 Å². The SMILES string of the molecule is C=C/C(=C\C=C(C)C)c1nc(CCOc2ccc(C[C@H](CC)C(=O)O)c(CC)c2)c(C)o1.[HH]. The molecule has 1 heterocycles. The van der Waals surface area contributed by atoms with E-state index in [0.29, 0.717) is 31.8 Å². The van der Waals surface area contributed by atoms with E-state index in [4.69, 9.17) is 9.15 Å². The first-order valence-electron chi connectivity index (χ1n) is 11.2. The van der Waals surface area contributed by atoms with Crippen molar-refractivity contribution in [2.75, 3.05) is 6.61 Å². The minimum atomic E-state index is -0.743. The second-order valence-corrected chi connectivity index (χ2v) is 8.12. The highest BCUT2D eigenvalue weighted by Gasteiger charge is 2.17. The van der Waals surface area contributed by atoms with Gasteiger partial charge in [0.2, 0.25) is 5.89 Å². The zero-order valence-corrected chi connectivity index (χ0v) is 19.9. The Hall–Kier alpha value is -3.08. The van der Waals surface area contributed by atoms with Crippen molar-refractivity contribution in [1.29, 1.82) is 0 Å². The number of oxazole rings is 1. The molecule has 0 aliphatic rings. The fourth-order valence-electron chi connectivity index (χ4n) is 3.42. The molecule has 5 nitrogen and oxygen atoms in total. The van der Waals surface area contributed by atoms with Gasteiger partial charge in [0, 0.05) is 13.4 Å². The van der Waals surface area contributed by atoms with Gasteiger partial charge >= 0.3 is 5.97 Å². The molecule has 0 fully saturated rings. The molecule has 0 aliphatic carbocycles. The van der Waals surface area contributed by atoms with Crippen molar-refractivity contribution in [3.8, 4) is 5.75 Å². The highest BCUT2D eigenvalue weighted by atomic mass is 16.5. The Bertz CT molecular complexity index is 1000. The van der Waals surface area contributed by atoms with E-state index < -0.39 is 5.97 Å². The van der Waals surface area contributed by atoms with Gasteiger partial charge in [0.1, 0.15) is 11.5 Å². The normalized spacial score (nSPS) is 12.3. The van der Waals surface area contributed by atoms with Crippen LogP contribution in [0.2, 0.25) is 0 Å². The maximum atomic E-state index is 11.4. The number of rotatable bonds is 12. The largest absolute Gasteiger partial charge is 0.493 e. The van der Waals surface area contributed by atoms with Crippen molar-refractivity contribution in [2.24, 2.45) is 5.92 Å². The summed E-state index contributed by atoms with van der Waals surface area (Å²) in [4.78, 5) is 16.0. The molecule has 0 spiro atoms. The van der Waals surface area contributed by atoms with Crippen molar-refractivity contribution < 1.29 is 20.5 Å². The van der Waals surface area contributed by atoms with Crippen LogP contribution in [0.15, 0.2) is 53.0 Å². The van der Waals surface area contributed by atoms with Crippen molar-refractivity contribution in [3.63, 3.8) is 0 Å². The molecule has 2 rings (SSSR count). The maximum absolute atomic E-state index is 11.4. The Morgan fingerprint density at radius 3 is 2.62 bits per heavy atom. The number of hydrogen-bond acceptors (Lipinski definition) is 4. The molecule has 0 aliphatic heterocycles. The molecule has 1 aromatic carbocycles. The van der Waals surface area contributed by atoms with Gasteiger partial charge in [-0.25, -0.2) is 4.98 Å². The lowest BCUT2D eigenvalue weighted by Crippen LogP contribution is -2.16. The van der Waals surface area contributed by atoms with Crippen LogP contribution in [0.5, 0.6) is 5.75 Å². The Balaban J connectivity index is 0.00000544. The molecule has 1 aromatic heterocycles. The van der Waals surface area contributed by atoms with Gasteiger partial charge in [-0.1, -0.05) is 44.2 Å². The van der Waals surface area contributed by atoms with Crippen LogP contribution in [0.25, 0.3) is 5.57 Å². The van der Waals surface area contributed by atoms with Crippen LogP contribution >= 0.6 is 0 Å². The average Bonchev–Trinajstić information content (AvgIpc) is 3.12. The van der Waals surface area contributed by atoms with Gasteiger partial charge < -0.3 is 14.3 Å². The number of carboxylic acid groups (broad SMARTS) is 1. The molecule has 5 heteroatoms. The number of carboxylic acids is 1.